The lowest BCUT2D eigenvalue weighted by Crippen LogP contribution is -2.25. The molecule has 0 saturated heterocycles. The number of aliphatic hydroxyl groups is 1. The van der Waals surface area contributed by atoms with Gasteiger partial charge < -0.3 is 9.84 Å². The van der Waals surface area contributed by atoms with E-state index in [1.54, 1.807) is 0 Å². The van der Waals surface area contributed by atoms with Crippen molar-refractivity contribution in [2.75, 3.05) is 0 Å². The fraction of sp³-hybridized carbons (Fsp3) is 0.462. The summed E-state index contributed by atoms with van der Waals surface area (Å²) in [6.45, 7) is 4.53. The maximum atomic E-state index is 10.0. The van der Waals surface area contributed by atoms with E-state index in [4.69, 9.17) is 0 Å². The quantitative estimate of drug-likeness (QED) is 0.749. The Morgan fingerprint density at radius 2 is 1.88 bits per heavy atom. The van der Waals surface area contributed by atoms with Crippen LogP contribution in [-0.4, -0.2) is 17.2 Å². The summed E-state index contributed by atoms with van der Waals surface area (Å²) in [5.74, 6) is 0. The number of hydrogen-bond acceptors (Lipinski definition) is 3. The van der Waals surface area contributed by atoms with E-state index >= 15 is 0 Å². The molecule has 1 N–H and O–H groups in total. The van der Waals surface area contributed by atoms with Gasteiger partial charge in [0, 0.05) is 6.42 Å². The molecule has 0 spiro atoms. The predicted octanol–water partition coefficient (Wildman–Crippen LogP) is 2.06. The molecule has 1 atom stereocenters. The lowest BCUT2D eigenvalue weighted by atomic mass is 9.94. The molecule has 3 heteroatoms. The second-order valence-electron chi connectivity index (χ2n) is 4.25. The molecule has 1 aromatic carbocycles. The third kappa shape index (κ3) is 4.03. The van der Waals surface area contributed by atoms with Gasteiger partial charge in [0.1, 0.15) is 6.61 Å². The molecule has 16 heavy (non-hydrogen) atoms. The van der Waals surface area contributed by atoms with Crippen molar-refractivity contribution in [2.24, 2.45) is 0 Å². The summed E-state index contributed by atoms with van der Waals surface area (Å²) in [4.78, 5) is 10.0. The Kier molecular flexibility index (Phi) is 4.50. The van der Waals surface area contributed by atoms with Crippen LogP contribution < -0.4 is 0 Å². The minimum Gasteiger partial charge on any atom is -0.463 e. The molecule has 0 bridgehead atoms. The highest BCUT2D eigenvalue weighted by molar-refractivity contribution is 5.37. The number of ether oxygens (including phenoxy) is 1. The summed E-state index contributed by atoms with van der Waals surface area (Å²) in [6.07, 6.45) is 1.36. The molecule has 0 aliphatic carbocycles. The minimum absolute atomic E-state index is 0.300. The van der Waals surface area contributed by atoms with Gasteiger partial charge >= 0.3 is 0 Å². The highest BCUT2D eigenvalue weighted by Crippen LogP contribution is 2.17. The third-order valence-electron chi connectivity index (χ3n) is 2.69. The van der Waals surface area contributed by atoms with Crippen LogP contribution in [0.4, 0.5) is 0 Å². The fourth-order valence-electron chi connectivity index (χ4n) is 1.45. The molecular formula is C13H18O3. The lowest BCUT2D eigenvalue weighted by molar-refractivity contribution is -0.129. The first-order valence-electron chi connectivity index (χ1n) is 5.43. The maximum Gasteiger partial charge on any atom is 0.293 e. The summed E-state index contributed by atoms with van der Waals surface area (Å²) in [5.41, 5.74) is 1.38. The third-order valence-corrected chi connectivity index (χ3v) is 2.69. The van der Waals surface area contributed by atoms with Crippen molar-refractivity contribution in [1.82, 2.24) is 0 Å². The van der Waals surface area contributed by atoms with Gasteiger partial charge in [-0.3, -0.25) is 4.79 Å². The van der Waals surface area contributed by atoms with Gasteiger partial charge in [0.25, 0.3) is 6.47 Å². The standard InChI is InChI=1S/C13H18O3/c1-3-13(2,15)8-11-4-6-12(7-5-11)9-16-10-14/h4-7,10,15H,3,8-9H2,1-2H3. The van der Waals surface area contributed by atoms with Crippen molar-refractivity contribution in [2.45, 2.75) is 38.9 Å². The molecule has 0 aromatic heterocycles. The summed E-state index contributed by atoms with van der Waals surface area (Å²) < 4.78 is 4.65. The number of hydrogen-bond donors (Lipinski definition) is 1. The minimum atomic E-state index is -0.652. The van der Waals surface area contributed by atoms with E-state index in [9.17, 15) is 9.90 Å². The van der Waals surface area contributed by atoms with Gasteiger partial charge in [-0.15, -0.1) is 0 Å². The summed E-state index contributed by atoms with van der Waals surface area (Å²) in [7, 11) is 0. The van der Waals surface area contributed by atoms with E-state index in [2.05, 4.69) is 4.74 Å². The molecule has 0 radical (unpaired) electrons. The topological polar surface area (TPSA) is 46.5 Å². The van der Waals surface area contributed by atoms with Crippen LogP contribution in [0.15, 0.2) is 24.3 Å². The van der Waals surface area contributed by atoms with Crippen molar-refractivity contribution in [1.29, 1.82) is 0 Å². The van der Waals surface area contributed by atoms with Gasteiger partial charge in [-0.1, -0.05) is 31.2 Å². The molecule has 0 fully saturated rings. The monoisotopic (exact) mass is 222 g/mol. The average molecular weight is 222 g/mol. The smallest absolute Gasteiger partial charge is 0.293 e. The van der Waals surface area contributed by atoms with E-state index in [0.717, 1.165) is 17.5 Å². The molecule has 1 unspecified atom stereocenters. The van der Waals surface area contributed by atoms with E-state index in [0.29, 0.717) is 19.5 Å². The molecule has 1 aromatic rings. The first-order valence-corrected chi connectivity index (χ1v) is 5.43. The average Bonchev–Trinajstić information content (AvgIpc) is 2.28. The largest absolute Gasteiger partial charge is 0.463 e. The summed E-state index contributed by atoms with van der Waals surface area (Å²) in [6, 6.07) is 7.72. The van der Waals surface area contributed by atoms with E-state index < -0.39 is 5.60 Å². The van der Waals surface area contributed by atoms with Crippen molar-refractivity contribution in [3.8, 4) is 0 Å². The predicted molar refractivity (Wildman–Crippen MR) is 61.9 cm³/mol. The zero-order chi connectivity index (χ0) is 12.0. The normalized spacial score (nSPS) is 14.2. The number of carbonyl (C=O) groups is 1. The number of rotatable bonds is 6. The number of carbonyl (C=O) groups excluding carboxylic acids is 1. The van der Waals surface area contributed by atoms with Crippen molar-refractivity contribution < 1.29 is 14.6 Å². The summed E-state index contributed by atoms with van der Waals surface area (Å²) in [5, 5.41) is 9.92. The molecule has 0 aliphatic heterocycles. The van der Waals surface area contributed by atoms with Crippen molar-refractivity contribution >= 4 is 6.47 Å². The second kappa shape index (κ2) is 5.66. The SMILES string of the molecule is CCC(C)(O)Cc1ccc(COC=O)cc1. The second-order valence-corrected chi connectivity index (χ2v) is 4.25. The molecule has 0 heterocycles. The highest BCUT2D eigenvalue weighted by Gasteiger charge is 2.17. The van der Waals surface area contributed by atoms with E-state index in [1.807, 2.05) is 38.1 Å². The van der Waals surface area contributed by atoms with Gasteiger partial charge in [-0.2, -0.15) is 0 Å². The Labute approximate surface area is 96.1 Å². The van der Waals surface area contributed by atoms with Crippen molar-refractivity contribution in [3.63, 3.8) is 0 Å². The molecule has 0 aliphatic rings. The Hall–Kier alpha value is -1.35. The molecule has 0 saturated carbocycles. The lowest BCUT2D eigenvalue weighted by Gasteiger charge is -2.21. The van der Waals surface area contributed by atoms with Crippen LogP contribution in [0.3, 0.4) is 0 Å². The summed E-state index contributed by atoms with van der Waals surface area (Å²) >= 11 is 0. The van der Waals surface area contributed by atoms with Gasteiger partial charge in [0.05, 0.1) is 5.60 Å². The molecule has 0 amide bonds. The van der Waals surface area contributed by atoms with Crippen LogP contribution in [0.5, 0.6) is 0 Å². The van der Waals surface area contributed by atoms with Gasteiger partial charge in [0.15, 0.2) is 0 Å². The highest BCUT2D eigenvalue weighted by atomic mass is 16.5. The molecule has 3 nitrogen and oxygen atoms in total. The zero-order valence-corrected chi connectivity index (χ0v) is 9.77. The zero-order valence-electron chi connectivity index (χ0n) is 9.77. The van der Waals surface area contributed by atoms with E-state index in [-0.39, 0.29) is 0 Å². The van der Waals surface area contributed by atoms with Crippen LogP contribution >= 0.6 is 0 Å². The Bertz CT molecular complexity index is 328. The van der Waals surface area contributed by atoms with Crippen LogP contribution in [0, 0.1) is 0 Å². The Morgan fingerprint density at radius 1 is 1.31 bits per heavy atom. The van der Waals surface area contributed by atoms with Crippen molar-refractivity contribution in [3.05, 3.63) is 35.4 Å². The van der Waals surface area contributed by atoms with Gasteiger partial charge in [-0.25, -0.2) is 0 Å². The van der Waals surface area contributed by atoms with E-state index in [1.165, 1.54) is 0 Å². The first kappa shape index (κ1) is 12.7. The molecular weight excluding hydrogens is 204 g/mol. The Morgan fingerprint density at radius 3 is 2.38 bits per heavy atom. The van der Waals surface area contributed by atoms with Crippen LogP contribution in [0.1, 0.15) is 31.4 Å². The Balaban J connectivity index is 2.60. The van der Waals surface area contributed by atoms with Gasteiger partial charge in [0.2, 0.25) is 0 Å². The maximum absolute atomic E-state index is 10.0. The van der Waals surface area contributed by atoms with Gasteiger partial charge in [-0.05, 0) is 24.5 Å². The van der Waals surface area contributed by atoms with Crippen LogP contribution in [0.25, 0.3) is 0 Å². The first-order chi connectivity index (χ1) is 7.57. The molecule has 88 valence electrons. The molecule has 1 rings (SSSR count). The van der Waals surface area contributed by atoms with Crippen LogP contribution in [-0.2, 0) is 22.6 Å². The van der Waals surface area contributed by atoms with Crippen LogP contribution in [0.2, 0.25) is 0 Å². The number of benzene rings is 1. The fourth-order valence-corrected chi connectivity index (χ4v) is 1.45.